The number of fused-ring (bicyclic) bond motifs is 2. The second kappa shape index (κ2) is 40.5. The van der Waals surface area contributed by atoms with Crippen molar-refractivity contribution in [3.8, 4) is 69.0 Å². The Labute approximate surface area is 811 Å². The quantitative estimate of drug-likeness (QED) is 0.0404. The summed E-state index contributed by atoms with van der Waals surface area (Å²) in [5.41, 5.74) is 22.2. The van der Waals surface area contributed by atoms with Crippen LogP contribution in [0.4, 0.5) is 0 Å². The van der Waals surface area contributed by atoms with Gasteiger partial charge in [-0.15, -0.1) is 0 Å². The summed E-state index contributed by atoms with van der Waals surface area (Å²) in [5.74, 6) is 3.10. The Kier molecular flexibility index (Phi) is 28.4. The molecule has 0 atom stereocenters. The van der Waals surface area contributed by atoms with Gasteiger partial charge in [0.25, 0.3) is 0 Å². The second-order valence-corrected chi connectivity index (χ2v) is 39.3. The molecule has 0 bridgehead atoms. The molecule has 0 heterocycles. The fourth-order valence-corrected chi connectivity index (χ4v) is 20.4. The third-order valence-electron chi connectivity index (χ3n) is 28.3. The first-order chi connectivity index (χ1) is 66.1. The van der Waals surface area contributed by atoms with E-state index in [2.05, 4.69) is 191 Å². The van der Waals surface area contributed by atoms with Gasteiger partial charge in [0.2, 0.25) is 0 Å². The molecule has 0 spiro atoms. The van der Waals surface area contributed by atoms with E-state index in [9.17, 15) is 61.3 Å². The number of aromatic hydroxyl groups is 12. The van der Waals surface area contributed by atoms with E-state index in [4.69, 9.17) is 0 Å². The molecule has 19 rings (SSSR count). The fraction of sp³-hybridized carbons (Fsp3) is 0.190. The van der Waals surface area contributed by atoms with Crippen LogP contribution >= 0.6 is 0 Å². The van der Waals surface area contributed by atoms with E-state index in [0.29, 0.717) is 11.5 Å². The molecule has 12 heteroatoms. The predicted molar refractivity (Wildman–Crippen MR) is 555 cm³/mol. The van der Waals surface area contributed by atoms with Crippen molar-refractivity contribution < 1.29 is 61.3 Å². The van der Waals surface area contributed by atoms with Gasteiger partial charge in [-0.3, -0.25) is 0 Å². The molecule has 0 aliphatic heterocycles. The zero-order chi connectivity index (χ0) is 98.0. The van der Waals surface area contributed by atoms with E-state index in [1.807, 2.05) is 170 Å². The summed E-state index contributed by atoms with van der Waals surface area (Å²) in [6.45, 7) is 21.5. The Bertz CT molecular complexity index is 6520. The summed E-state index contributed by atoms with van der Waals surface area (Å²) in [5, 5.41) is 118. The van der Waals surface area contributed by atoms with Crippen LogP contribution in [0.25, 0.3) is 0 Å². The van der Waals surface area contributed by atoms with E-state index in [0.717, 1.165) is 103 Å². The molecule has 12 N–H and O–H groups in total. The average Bonchev–Trinajstić information content (AvgIpc) is 0.700. The van der Waals surface area contributed by atoms with Crippen molar-refractivity contribution in [2.45, 2.75) is 151 Å². The van der Waals surface area contributed by atoms with Crippen LogP contribution < -0.4 is 0 Å². The summed E-state index contributed by atoms with van der Waals surface area (Å²) in [6.07, 6.45) is 6.79. The molecular weight excluding hydrogens is 1710 g/mol. The Hall–Kier alpha value is -15.7. The fourth-order valence-electron chi connectivity index (χ4n) is 20.4. The minimum atomic E-state index is -0.566. The molecule has 0 amide bonds. The van der Waals surface area contributed by atoms with Gasteiger partial charge in [-0.05, 0) is 300 Å². The topological polar surface area (TPSA) is 243 Å². The molecule has 0 saturated heterocycles. The average molecular weight is 1830 g/mol. The number of rotatable bonds is 16. The van der Waals surface area contributed by atoms with E-state index in [1.165, 1.54) is 58.2 Å². The number of phenols is 12. The predicted octanol–water partition coefficient (Wildman–Crippen LogP) is 28.4. The SMILES string of the molecule is CC(C)(C)c1cc(C2(c3ccc(O)c(C(C)(C)C)c3)CCCCC2)ccc1O.CC(C)(c1ccc(O)cc1)c1ccc(C(C)(c2ccc(O)cc2)c2ccc(O)cc2)cc1.CC(c1ccc(O)cc1)(c1ccc(O)cc1)c1ccc(O)cc1.Oc1ccc(C(c2ccccc2)(c2ccccc2)c2ccc(O)cc2)cc1.Oc1ccc(C2(c3ccc(O)cc3)c3ccccc3Cc3ccccc32)cc1. The molecule has 138 heavy (non-hydrogen) atoms. The monoisotopic (exact) mass is 1830 g/mol. The van der Waals surface area contributed by atoms with Gasteiger partial charge in [-0.25, -0.2) is 0 Å². The van der Waals surface area contributed by atoms with Crippen molar-refractivity contribution in [3.63, 3.8) is 0 Å². The van der Waals surface area contributed by atoms with Crippen LogP contribution in [0.15, 0.2) is 413 Å². The van der Waals surface area contributed by atoms with E-state index in [1.54, 1.807) is 121 Å². The molecule has 17 aromatic carbocycles. The Balaban J connectivity index is 0.000000131. The Morgan fingerprint density at radius 3 is 0.696 bits per heavy atom. The molecule has 17 aromatic rings. The third kappa shape index (κ3) is 20.1. The number of hydrogen-bond acceptors (Lipinski definition) is 12. The highest BCUT2D eigenvalue weighted by Crippen LogP contribution is 2.54. The minimum Gasteiger partial charge on any atom is -0.508 e. The molecular formula is C126H122O12. The van der Waals surface area contributed by atoms with Crippen LogP contribution in [0.2, 0.25) is 0 Å². The van der Waals surface area contributed by atoms with E-state index < -0.39 is 21.7 Å². The largest absolute Gasteiger partial charge is 0.508 e. The molecule has 0 aromatic heterocycles. The molecule has 0 radical (unpaired) electrons. The van der Waals surface area contributed by atoms with Gasteiger partial charge in [0.1, 0.15) is 69.0 Å². The van der Waals surface area contributed by atoms with Crippen LogP contribution in [-0.2, 0) is 49.7 Å². The van der Waals surface area contributed by atoms with Crippen molar-refractivity contribution in [3.05, 3.63) is 535 Å². The zero-order valence-corrected chi connectivity index (χ0v) is 79.9. The van der Waals surface area contributed by atoms with E-state index >= 15 is 0 Å². The Morgan fingerprint density at radius 1 is 0.203 bits per heavy atom. The highest BCUT2D eigenvalue weighted by atomic mass is 16.3. The maximum absolute atomic E-state index is 10.5. The highest BCUT2D eigenvalue weighted by Gasteiger charge is 2.45. The van der Waals surface area contributed by atoms with Crippen molar-refractivity contribution in [1.82, 2.24) is 0 Å². The van der Waals surface area contributed by atoms with Crippen molar-refractivity contribution in [2.24, 2.45) is 0 Å². The molecule has 1 saturated carbocycles. The molecule has 698 valence electrons. The first kappa shape index (κ1) is 96.9. The standard InChI is InChI=1S/C29H28O3.C26H20O2.C26H36O2.C25H20O2.C20H18O3/c1-28(2,21-8-14-25(30)15-9-21)20-4-6-22(7-5-20)29(3,23-10-16-26(31)17-11-23)24-12-18-27(32)19-13-24;27-22-13-9-20(10-14-22)26(21-11-15-23(28)16-12-21)24-7-3-1-5-18(24)17-19-6-2-4-8-25(19)26;1-24(2,3)20-16-18(10-12-22(20)27)26(14-8-7-9-15-26)19-11-13-23(28)21(17-19)25(4,5)6;26-23-15-11-21(12-16-23)25(19-7-3-1-4-8-19,20-9-5-2-6-10-20)22-13-17-24(27)18-14-22;1-20(14-2-8-17(21)9-3-14,15-4-10-18(22)11-5-15)16-6-12-19(23)13-7-16/h4-19,30-32H,1-3H3;1-16,27-28H,17H2;10-13,16-17,27-28H,7-9,14-15H2,1-6H3;1-18,26-27H;2-13,21-23H,1H3. The first-order valence-corrected chi connectivity index (χ1v) is 47.1. The van der Waals surface area contributed by atoms with Crippen LogP contribution in [0.1, 0.15) is 224 Å². The molecule has 0 unspecified atom stereocenters. The lowest BCUT2D eigenvalue weighted by atomic mass is 9.60. The summed E-state index contributed by atoms with van der Waals surface area (Å²) < 4.78 is 0. The van der Waals surface area contributed by atoms with Crippen LogP contribution in [-0.4, -0.2) is 61.3 Å². The maximum atomic E-state index is 10.5. The van der Waals surface area contributed by atoms with Crippen molar-refractivity contribution in [2.75, 3.05) is 0 Å². The summed E-state index contributed by atoms with van der Waals surface area (Å²) in [6, 6.07) is 132. The normalized spacial score (nSPS) is 13.3. The van der Waals surface area contributed by atoms with Gasteiger partial charge in [0.05, 0.1) is 10.8 Å². The Morgan fingerprint density at radius 2 is 0.420 bits per heavy atom. The number of phenolic OH excluding ortho intramolecular Hbond substituents is 12. The summed E-state index contributed by atoms with van der Waals surface area (Å²) >= 11 is 0. The minimum absolute atomic E-state index is 0.0559. The van der Waals surface area contributed by atoms with Gasteiger partial charge in [0, 0.05) is 21.7 Å². The molecule has 12 nitrogen and oxygen atoms in total. The second-order valence-electron chi connectivity index (χ2n) is 39.3. The van der Waals surface area contributed by atoms with Crippen molar-refractivity contribution in [1.29, 1.82) is 0 Å². The third-order valence-corrected chi connectivity index (χ3v) is 28.3. The van der Waals surface area contributed by atoms with Gasteiger partial charge in [-0.2, -0.15) is 0 Å². The maximum Gasteiger partial charge on any atom is 0.119 e. The molecule has 2 aliphatic carbocycles. The van der Waals surface area contributed by atoms with Crippen LogP contribution in [0.3, 0.4) is 0 Å². The molecule has 2 aliphatic rings. The van der Waals surface area contributed by atoms with Gasteiger partial charge >= 0.3 is 0 Å². The first-order valence-electron chi connectivity index (χ1n) is 47.1. The number of hydrogen-bond donors (Lipinski definition) is 12. The molecule has 1 fully saturated rings. The lowest BCUT2D eigenvalue weighted by Crippen LogP contribution is -2.36. The van der Waals surface area contributed by atoms with Crippen LogP contribution in [0.5, 0.6) is 69.0 Å². The van der Waals surface area contributed by atoms with E-state index in [-0.39, 0.29) is 79.2 Å². The van der Waals surface area contributed by atoms with Gasteiger partial charge in [0.15, 0.2) is 0 Å². The van der Waals surface area contributed by atoms with Crippen LogP contribution in [0, 0.1) is 0 Å². The number of benzene rings is 17. The van der Waals surface area contributed by atoms with Gasteiger partial charge < -0.3 is 61.3 Å². The lowest BCUT2D eigenvalue weighted by Gasteiger charge is -2.42. The summed E-state index contributed by atoms with van der Waals surface area (Å²) in [4.78, 5) is 0. The van der Waals surface area contributed by atoms with Crippen molar-refractivity contribution >= 4 is 0 Å². The zero-order valence-electron chi connectivity index (χ0n) is 79.9. The summed E-state index contributed by atoms with van der Waals surface area (Å²) in [7, 11) is 0. The van der Waals surface area contributed by atoms with Gasteiger partial charge in [-0.1, -0.05) is 354 Å². The smallest absolute Gasteiger partial charge is 0.119 e. The highest BCUT2D eigenvalue weighted by molar-refractivity contribution is 5.69. The lowest BCUT2D eigenvalue weighted by molar-refractivity contribution is 0.343.